The molecule has 90 valence electrons. The molecule has 1 spiro atoms. The highest BCUT2D eigenvalue weighted by molar-refractivity contribution is 5.71. The fourth-order valence-electron chi connectivity index (χ4n) is 2.03. The van der Waals surface area contributed by atoms with Crippen molar-refractivity contribution >= 4 is 12.1 Å². The summed E-state index contributed by atoms with van der Waals surface area (Å²) in [7, 11) is 0. The van der Waals surface area contributed by atoms with Crippen LogP contribution in [0, 0.1) is 0 Å². The number of amides is 1. The molecule has 16 heavy (non-hydrogen) atoms. The standard InChI is InChI=1S/C10H15NO5/c12-8(13)1-4-11-5-2-10(16-9(11)14)3-6-15-7-10/h1-7H2,(H,12,13). The van der Waals surface area contributed by atoms with Gasteiger partial charge in [-0.3, -0.25) is 4.79 Å². The van der Waals surface area contributed by atoms with E-state index < -0.39 is 17.7 Å². The Kier molecular flexibility index (Phi) is 3.00. The van der Waals surface area contributed by atoms with Gasteiger partial charge in [-0.15, -0.1) is 0 Å². The van der Waals surface area contributed by atoms with Gasteiger partial charge in [-0.25, -0.2) is 4.79 Å². The molecule has 2 heterocycles. The molecule has 1 N–H and O–H groups in total. The van der Waals surface area contributed by atoms with Gasteiger partial charge in [0.15, 0.2) is 0 Å². The molecule has 2 saturated heterocycles. The second-order valence-corrected chi connectivity index (χ2v) is 4.23. The van der Waals surface area contributed by atoms with Crippen LogP contribution < -0.4 is 0 Å². The number of ether oxygens (including phenoxy) is 2. The lowest BCUT2D eigenvalue weighted by atomic mass is 9.97. The number of carboxylic acids is 1. The molecular formula is C10H15NO5. The van der Waals surface area contributed by atoms with Gasteiger partial charge >= 0.3 is 12.1 Å². The summed E-state index contributed by atoms with van der Waals surface area (Å²) in [5, 5.41) is 8.54. The molecule has 2 rings (SSSR count). The predicted molar refractivity (Wildman–Crippen MR) is 53.1 cm³/mol. The highest BCUT2D eigenvalue weighted by atomic mass is 16.6. The molecule has 0 aliphatic carbocycles. The lowest BCUT2D eigenvalue weighted by Crippen LogP contribution is -2.50. The van der Waals surface area contributed by atoms with Crippen molar-refractivity contribution in [3.63, 3.8) is 0 Å². The minimum Gasteiger partial charge on any atom is -0.481 e. The Hall–Kier alpha value is -1.30. The molecule has 0 bridgehead atoms. The first kappa shape index (κ1) is 11.2. The third-order valence-corrected chi connectivity index (χ3v) is 3.06. The zero-order valence-corrected chi connectivity index (χ0v) is 8.98. The molecule has 2 fully saturated rings. The summed E-state index contributed by atoms with van der Waals surface area (Å²) < 4.78 is 10.6. The lowest BCUT2D eigenvalue weighted by molar-refractivity contribution is -0.137. The first-order chi connectivity index (χ1) is 7.61. The van der Waals surface area contributed by atoms with E-state index in [1.54, 1.807) is 0 Å². The second kappa shape index (κ2) is 4.29. The molecule has 0 saturated carbocycles. The van der Waals surface area contributed by atoms with Gasteiger partial charge in [0.25, 0.3) is 0 Å². The molecule has 0 aromatic heterocycles. The van der Waals surface area contributed by atoms with Crippen molar-refractivity contribution in [1.82, 2.24) is 4.90 Å². The molecule has 1 unspecified atom stereocenters. The molecule has 2 aliphatic rings. The smallest absolute Gasteiger partial charge is 0.410 e. The van der Waals surface area contributed by atoms with Crippen LogP contribution in [-0.2, 0) is 14.3 Å². The average molecular weight is 229 g/mol. The van der Waals surface area contributed by atoms with Crippen LogP contribution in [-0.4, -0.2) is 54.0 Å². The fraction of sp³-hybridized carbons (Fsp3) is 0.800. The van der Waals surface area contributed by atoms with E-state index in [0.717, 1.165) is 12.8 Å². The first-order valence-electron chi connectivity index (χ1n) is 5.39. The highest BCUT2D eigenvalue weighted by Gasteiger charge is 2.43. The number of aliphatic carboxylic acids is 1. The van der Waals surface area contributed by atoms with Gasteiger partial charge in [-0.05, 0) is 0 Å². The number of nitrogens with zero attached hydrogens (tertiary/aromatic N) is 1. The minimum absolute atomic E-state index is 0.0431. The van der Waals surface area contributed by atoms with Crippen molar-refractivity contribution in [2.75, 3.05) is 26.3 Å². The van der Waals surface area contributed by atoms with E-state index in [0.29, 0.717) is 19.8 Å². The van der Waals surface area contributed by atoms with E-state index in [9.17, 15) is 9.59 Å². The SMILES string of the molecule is O=C(O)CCN1CCC2(CCOC2)OC1=O. The Morgan fingerprint density at radius 3 is 2.88 bits per heavy atom. The van der Waals surface area contributed by atoms with Crippen LogP contribution in [0.1, 0.15) is 19.3 Å². The van der Waals surface area contributed by atoms with Crippen LogP contribution in [0.3, 0.4) is 0 Å². The van der Waals surface area contributed by atoms with Crippen LogP contribution in [0.15, 0.2) is 0 Å². The number of carboxylic acid groups (broad SMARTS) is 1. The maximum Gasteiger partial charge on any atom is 0.410 e. The summed E-state index contributed by atoms with van der Waals surface area (Å²) in [4.78, 5) is 23.5. The molecule has 0 aromatic rings. The van der Waals surface area contributed by atoms with E-state index in [2.05, 4.69) is 0 Å². The summed E-state index contributed by atoms with van der Waals surface area (Å²) >= 11 is 0. The van der Waals surface area contributed by atoms with Crippen LogP contribution >= 0.6 is 0 Å². The monoisotopic (exact) mass is 229 g/mol. The van der Waals surface area contributed by atoms with Crippen LogP contribution in [0.5, 0.6) is 0 Å². The minimum atomic E-state index is -0.905. The third kappa shape index (κ3) is 2.27. The summed E-state index contributed by atoms with van der Waals surface area (Å²) in [6.45, 7) is 1.86. The van der Waals surface area contributed by atoms with Crippen molar-refractivity contribution in [1.29, 1.82) is 0 Å². The van der Waals surface area contributed by atoms with Crippen molar-refractivity contribution in [2.24, 2.45) is 0 Å². The quantitative estimate of drug-likeness (QED) is 0.761. The van der Waals surface area contributed by atoms with Gasteiger partial charge in [-0.1, -0.05) is 0 Å². The predicted octanol–water partition coefficient (Wildman–Crippen LogP) is 0.463. The average Bonchev–Trinajstić information content (AvgIpc) is 2.65. The van der Waals surface area contributed by atoms with Gasteiger partial charge in [0.1, 0.15) is 5.60 Å². The number of hydrogen-bond acceptors (Lipinski definition) is 4. The molecule has 1 amide bonds. The van der Waals surface area contributed by atoms with Crippen LogP contribution in [0.4, 0.5) is 4.79 Å². The van der Waals surface area contributed by atoms with E-state index in [1.165, 1.54) is 4.90 Å². The third-order valence-electron chi connectivity index (χ3n) is 3.06. The lowest BCUT2D eigenvalue weighted by Gasteiger charge is -2.37. The normalized spacial score (nSPS) is 29.5. The van der Waals surface area contributed by atoms with E-state index in [-0.39, 0.29) is 13.0 Å². The van der Waals surface area contributed by atoms with Gasteiger partial charge in [-0.2, -0.15) is 0 Å². The Morgan fingerprint density at radius 1 is 1.50 bits per heavy atom. The van der Waals surface area contributed by atoms with Crippen molar-refractivity contribution in [3.8, 4) is 0 Å². The molecular weight excluding hydrogens is 214 g/mol. The van der Waals surface area contributed by atoms with Crippen LogP contribution in [0.2, 0.25) is 0 Å². The Labute approximate surface area is 93.1 Å². The number of carbonyl (C=O) groups is 2. The topological polar surface area (TPSA) is 76.1 Å². The first-order valence-corrected chi connectivity index (χ1v) is 5.39. The van der Waals surface area contributed by atoms with Gasteiger partial charge in [0.05, 0.1) is 19.6 Å². The van der Waals surface area contributed by atoms with Crippen LogP contribution in [0.25, 0.3) is 0 Å². The Bertz CT molecular complexity index is 298. The summed E-state index contributed by atoms with van der Waals surface area (Å²) in [6, 6.07) is 0. The van der Waals surface area contributed by atoms with E-state index in [4.69, 9.17) is 14.6 Å². The maximum atomic E-state index is 11.6. The maximum absolute atomic E-state index is 11.6. The number of carbonyl (C=O) groups excluding carboxylic acids is 1. The van der Waals surface area contributed by atoms with E-state index in [1.807, 2.05) is 0 Å². The summed E-state index contributed by atoms with van der Waals surface area (Å²) in [5.74, 6) is -0.905. The fourth-order valence-corrected chi connectivity index (χ4v) is 2.03. The van der Waals surface area contributed by atoms with Crippen molar-refractivity contribution in [3.05, 3.63) is 0 Å². The second-order valence-electron chi connectivity index (χ2n) is 4.23. The molecule has 6 nitrogen and oxygen atoms in total. The molecule has 2 aliphatic heterocycles. The molecule has 0 radical (unpaired) electrons. The zero-order valence-electron chi connectivity index (χ0n) is 8.98. The van der Waals surface area contributed by atoms with Gasteiger partial charge < -0.3 is 19.5 Å². The highest BCUT2D eigenvalue weighted by Crippen LogP contribution is 2.31. The Morgan fingerprint density at radius 2 is 2.31 bits per heavy atom. The van der Waals surface area contributed by atoms with Crippen molar-refractivity contribution < 1.29 is 24.2 Å². The zero-order chi connectivity index (χ0) is 11.6. The molecule has 1 atom stereocenters. The Balaban J connectivity index is 1.87. The van der Waals surface area contributed by atoms with E-state index >= 15 is 0 Å². The number of rotatable bonds is 3. The molecule has 6 heteroatoms. The number of hydrogen-bond donors (Lipinski definition) is 1. The van der Waals surface area contributed by atoms with Crippen molar-refractivity contribution in [2.45, 2.75) is 24.9 Å². The van der Waals surface area contributed by atoms with Gasteiger partial charge in [0.2, 0.25) is 0 Å². The van der Waals surface area contributed by atoms with Gasteiger partial charge in [0, 0.05) is 25.9 Å². The molecule has 0 aromatic carbocycles. The summed E-state index contributed by atoms with van der Waals surface area (Å²) in [5.41, 5.74) is -0.448. The largest absolute Gasteiger partial charge is 0.481 e. The summed E-state index contributed by atoms with van der Waals surface area (Å²) in [6.07, 6.45) is 1.00.